The Kier molecular flexibility index (Phi) is 6.00. The van der Waals surface area contributed by atoms with E-state index in [1.54, 1.807) is 18.7 Å². The van der Waals surface area contributed by atoms with Crippen LogP contribution in [0.15, 0.2) is 17.0 Å². The first-order valence-corrected chi connectivity index (χ1v) is 11.1. The molecule has 1 aliphatic rings. The molecule has 3 rings (SSSR count). The topological polar surface area (TPSA) is 95.6 Å². The number of H-pyrrole nitrogens is 1. The van der Waals surface area contributed by atoms with Crippen LogP contribution in [-0.4, -0.2) is 66.5 Å². The molecule has 0 spiro atoms. The van der Waals surface area contributed by atoms with Crippen LogP contribution in [0.25, 0.3) is 0 Å². The fourth-order valence-electron chi connectivity index (χ4n) is 3.60. The van der Waals surface area contributed by atoms with Gasteiger partial charge in [-0.15, -0.1) is 0 Å². The summed E-state index contributed by atoms with van der Waals surface area (Å²) in [5, 5.41) is 6.70. The Labute approximate surface area is 171 Å². The molecular formula is C20H28N4O4S. The Morgan fingerprint density at radius 2 is 1.69 bits per heavy atom. The van der Waals surface area contributed by atoms with Gasteiger partial charge in [-0.2, -0.15) is 9.40 Å². The molecule has 2 aromatic rings. The smallest absolute Gasteiger partial charge is 0.260 e. The zero-order valence-corrected chi connectivity index (χ0v) is 18.4. The molecule has 158 valence electrons. The van der Waals surface area contributed by atoms with Crippen LogP contribution in [0.3, 0.4) is 0 Å². The monoisotopic (exact) mass is 420 g/mol. The van der Waals surface area contributed by atoms with Gasteiger partial charge in [0.15, 0.2) is 6.61 Å². The average Bonchev–Trinajstić information content (AvgIpc) is 3.03. The molecule has 0 unspecified atom stereocenters. The zero-order chi connectivity index (χ0) is 21.3. The summed E-state index contributed by atoms with van der Waals surface area (Å²) >= 11 is 0. The number of nitrogens with one attached hydrogen (secondary N) is 1. The lowest BCUT2D eigenvalue weighted by Crippen LogP contribution is -2.51. The number of aryl methyl sites for hydroxylation is 4. The molecule has 1 aliphatic heterocycles. The summed E-state index contributed by atoms with van der Waals surface area (Å²) in [5.74, 6) is 0.600. The second-order valence-corrected chi connectivity index (χ2v) is 9.36. The Balaban J connectivity index is 1.61. The van der Waals surface area contributed by atoms with Crippen LogP contribution in [-0.2, 0) is 14.8 Å². The van der Waals surface area contributed by atoms with Gasteiger partial charge in [-0.1, -0.05) is 12.1 Å². The lowest BCUT2D eigenvalue weighted by atomic mass is 10.1. The quantitative estimate of drug-likeness (QED) is 0.797. The van der Waals surface area contributed by atoms with Crippen molar-refractivity contribution in [2.24, 2.45) is 0 Å². The van der Waals surface area contributed by atoms with E-state index < -0.39 is 10.0 Å². The van der Waals surface area contributed by atoms with Gasteiger partial charge >= 0.3 is 0 Å². The summed E-state index contributed by atoms with van der Waals surface area (Å²) in [7, 11) is -3.63. The van der Waals surface area contributed by atoms with Gasteiger partial charge in [-0.3, -0.25) is 9.89 Å². The Hall–Kier alpha value is -2.39. The number of benzene rings is 1. The largest absolute Gasteiger partial charge is 0.483 e. The number of sulfonamides is 1. The molecule has 1 aromatic carbocycles. The van der Waals surface area contributed by atoms with Gasteiger partial charge in [0.05, 0.1) is 11.4 Å². The van der Waals surface area contributed by atoms with Gasteiger partial charge in [-0.25, -0.2) is 8.42 Å². The molecule has 1 aromatic heterocycles. The third-order valence-electron chi connectivity index (χ3n) is 5.46. The van der Waals surface area contributed by atoms with Gasteiger partial charge in [-0.05, 0) is 51.3 Å². The number of carbonyl (C=O) groups is 1. The van der Waals surface area contributed by atoms with Crippen LogP contribution in [0.1, 0.15) is 28.1 Å². The van der Waals surface area contributed by atoms with Crippen molar-refractivity contribution in [2.45, 2.75) is 39.5 Å². The Bertz CT molecular complexity index is 1000. The number of rotatable bonds is 5. The third-order valence-corrected chi connectivity index (χ3v) is 7.63. The molecule has 29 heavy (non-hydrogen) atoms. The van der Waals surface area contributed by atoms with Gasteiger partial charge in [0.2, 0.25) is 10.0 Å². The standard InChI is InChI=1S/C20H28N4O4S/c1-13-6-7-14(2)19(15(13)3)28-12-18(25)23-8-10-24(11-9-23)29(26,27)20-16(4)21-22-17(20)5/h6-7H,8-12H2,1-5H3,(H,21,22). The van der Waals surface area contributed by atoms with Gasteiger partial charge in [0, 0.05) is 26.2 Å². The van der Waals surface area contributed by atoms with E-state index in [0.717, 1.165) is 22.4 Å². The molecule has 8 nitrogen and oxygen atoms in total. The second kappa shape index (κ2) is 8.16. The van der Waals surface area contributed by atoms with Crippen LogP contribution in [0.4, 0.5) is 0 Å². The first kappa shape index (κ1) is 21.3. The fourth-order valence-corrected chi connectivity index (χ4v) is 5.35. The van der Waals surface area contributed by atoms with Crippen LogP contribution in [0.5, 0.6) is 5.75 Å². The highest BCUT2D eigenvalue weighted by Crippen LogP contribution is 2.26. The minimum absolute atomic E-state index is 0.0577. The number of aromatic amines is 1. The highest BCUT2D eigenvalue weighted by Gasteiger charge is 2.33. The number of piperazine rings is 1. The molecule has 1 amide bonds. The first-order valence-electron chi connectivity index (χ1n) is 9.62. The SMILES string of the molecule is Cc1ccc(C)c(OCC(=O)N2CCN(S(=O)(=O)c3c(C)n[nH]c3C)CC2)c1C. The van der Waals surface area contributed by atoms with E-state index >= 15 is 0 Å². The molecule has 9 heteroatoms. The highest BCUT2D eigenvalue weighted by molar-refractivity contribution is 7.89. The first-order chi connectivity index (χ1) is 13.6. The Morgan fingerprint density at radius 3 is 2.28 bits per heavy atom. The van der Waals surface area contributed by atoms with Gasteiger partial charge in [0.25, 0.3) is 5.91 Å². The molecule has 0 saturated carbocycles. The third kappa shape index (κ3) is 4.16. The summed E-state index contributed by atoms with van der Waals surface area (Å²) in [6.07, 6.45) is 0. The minimum atomic E-state index is -3.63. The minimum Gasteiger partial charge on any atom is -0.483 e. The molecule has 1 fully saturated rings. The van der Waals surface area contributed by atoms with E-state index in [-0.39, 0.29) is 30.5 Å². The number of carbonyl (C=O) groups excluding carboxylic acids is 1. The van der Waals surface area contributed by atoms with Crippen LogP contribution >= 0.6 is 0 Å². The molecule has 1 saturated heterocycles. The molecule has 0 radical (unpaired) electrons. The van der Waals surface area contributed by atoms with Gasteiger partial charge in [0.1, 0.15) is 10.6 Å². The van der Waals surface area contributed by atoms with Gasteiger partial charge < -0.3 is 9.64 Å². The highest BCUT2D eigenvalue weighted by atomic mass is 32.2. The van der Waals surface area contributed by atoms with Crippen LogP contribution in [0.2, 0.25) is 0 Å². The number of amides is 1. The maximum atomic E-state index is 12.9. The van der Waals surface area contributed by atoms with Crippen molar-refractivity contribution in [3.63, 3.8) is 0 Å². The lowest BCUT2D eigenvalue weighted by Gasteiger charge is -2.34. The summed E-state index contributed by atoms with van der Waals surface area (Å²) in [6, 6.07) is 4.01. The number of ether oxygens (including phenoxy) is 1. The molecule has 1 N–H and O–H groups in total. The number of hydrogen-bond acceptors (Lipinski definition) is 5. The second-order valence-electron chi connectivity index (χ2n) is 7.49. The van der Waals surface area contributed by atoms with Crippen molar-refractivity contribution >= 4 is 15.9 Å². The number of aromatic nitrogens is 2. The summed E-state index contributed by atoms with van der Waals surface area (Å²) in [6.45, 7) is 10.4. The summed E-state index contributed by atoms with van der Waals surface area (Å²) in [4.78, 5) is 14.5. The van der Waals surface area contributed by atoms with E-state index in [2.05, 4.69) is 10.2 Å². The average molecular weight is 421 g/mol. The van der Waals surface area contributed by atoms with Crippen molar-refractivity contribution in [3.05, 3.63) is 40.2 Å². The Morgan fingerprint density at radius 1 is 1.07 bits per heavy atom. The van der Waals surface area contributed by atoms with E-state index in [9.17, 15) is 13.2 Å². The predicted molar refractivity (Wildman–Crippen MR) is 110 cm³/mol. The van der Waals surface area contributed by atoms with Crippen molar-refractivity contribution in [3.8, 4) is 5.75 Å². The zero-order valence-electron chi connectivity index (χ0n) is 17.6. The maximum absolute atomic E-state index is 12.9. The van der Waals surface area contributed by atoms with Crippen molar-refractivity contribution < 1.29 is 17.9 Å². The van der Waals surface area contributed by atoms with Crippen molar-refractivity contribution in [2.75, 3.05) is 32.8 Å². The normalized spacial score (nSPS) is 15.6. The van der Waals surface area contributed by atoms with E-state index in [1.807, 2.05) is 32.9 Å². The van der Waals surface area contributed by atoms with Crippen molar-refractivity contribution in [1.29, 1.82) is 0 Å². The predicted octanol–water partition coefficient (Wildman–Crippen LogP) is 1.86. The van der Waals surface area contributed by atoms with E-state index in [0.29, 0.717) is 24.5 Å². The molecular weight excluding hydrogens is 392 g/mol. The van der Waals surface area contributed by atoms with Crippen LogP contribution < -0.4 is 4.74 Å². The van der Waals surface area contributed by atoms with E-state index in [1.165, 1.54) is 4.31 Å². The maximum Gasteiger partial charge on any atom is 0.260 e. The molecule has 0 bridgehead atoms. The lowest BCUT2D eigenvalue weighted by molar-refractivity contribution is -0.134. The number of hydrogen-bond donors (Lipinski definition) is 1. The number of nitrogens with zero attached hydrogens (tertiary/aromatic N) is 3. The fraction of sp³-hybridized carbons (Fsp3) is 0.500. The summed E-state index contributed by atoms with van der Waals surface area (Å²) in [5.41, 5.74) is 4.11. The van der Waals surface area contributed by atoms with E-state index in [4.69, 9.17) is 4.74 Å². The molecule has 0 atom stereocenters. The molecule has 2 heterocycles. The summed E-state index contributed by atoms with van der Waals surface area (Å²) < 4.78 is 33.1. The van der Waals surface area contributed by atoms with Crippen molar-refractivity contribution in [1.82, 2.24) is 19.4 Å². The molecule has 0 aliphatic carbocycles. The van der Waals surface area contributed by atoms with Crippen LogP contribution in [0, 0.1) is 34.6 Å².